The van der Waals surface area contributed by atoms with Gasteiger partial charge in [0.05, 0.1) is 24.5 Å². The molecule has 2 aromatic carbocycles. The minimum atomic E-state index is -0.199. The smallest absolute Gasteiger partial charge is 0.241 e. The first kappa shape index (κ1) is 19.9. The van der Waals surface area contributed by atoms with Crippen LogP contribution in [-0.2, 0) is 16.1 Å². The summed E-state index contributed by atoms with van der Waals surface area (Å²) in [5, 5.41) is 2.89. The van der Waals surface area contributed by atoms with Crippen LogP contribution in [0, 0.1) is 0 Å². The van der Waals surface area contributed by atoms with Crippen LogP contribution in [0.15, 0.2) is 48.5 Å². The molecule has 0 saturated heterocycles. The second-order valence-corrected chi connectivity index (χ2v) is 7.13. The van der Waals surface area contributed by atoms with Gasteiger partial charge in [-0.05, 0) is 50.7 Å². The first-order valence-corrected chi connectivity index (χ1v) is 9.59. The van der Waals surface area contributed by atoms with Gasteiger partial charge in [-0.2, -0.15) is 0 Å². The summed E-state index contributed by atoms with van der Waals surface area (Å²) in [5.74, 6) is 0.750. The minimum absolute atomic E-state index is 0.0233. The maximum absolute atomic E-state index is 13.1. The molecule has 0 spiro atoms. The lowest BCUT2D eigenvalue weighted by Gasteiger charge is -2.29. The quantitative estimate of drug-likeness (QED) is 0.834. The Kier molecular flexibility index (Phi) is 6.31. The standard InChI is InChI=1S/C22H27N3O3/c1-4-28-18-11-9-17(10-12-18)14-24(3)15-22(27)25-16(2)13-21(26)23-19-7-5-6-8-20(19)25/h5-12,16H,4,13-15H2,1-3H3,(H,23,26). The van der Waals surface area contributed by atoms with E-state index in [0.29, 0.717) is 18.8 Å². The van der Waals surface area contributed by atoms with Crippen LogP contribution >= 0.6 is 0 Å². The summed E-state index contributed by atoms with van der Waals surface area (Å²) >= 11 is 0. The molecule has 0 radical (unpaired) electrons. The molecule has 148 valence electrons. The van der Waals surface area contributed by atoms with Crippen molar-refractivity contribution in [1.29, 1.82) is 0 Å². The number of carbonyl (C=O) groups is 2. The van der Waals surface area contributed by atoms with E-state index >= 15 is 0 Å². The third-order valence-electron chi connectivity index (χ3n) is 4.72. The van der Waals surface area contributed by atoms with Gasteiger partial charge in [0.15, 0.2) is 0 Å². The number of hydrogen-bond acceptors (Lipinski definition) is 4. The molecule has 1 aliphatic heterocycles. The molecule has 1 N–H and O–H groups in total. The molecule has 3 rings (SSSR count). The molecular weight excluding hydrogens is 354 g/mol. The molecule has 28 heavy (non-hydrogen) atoms. The number of benzene rings is 2. The van der Waals surface area contributed by atoms with Crippen molar-refractivity contribution in [3.63, 3.8) is 0 Å². The maximum atomic E-state index is 13.1. The van der Waals surface area contributed by atoms with E-state index in [1.165, 1.54) is 0 Å². The Morgan fingerprint density at radius 3 is 2.64 bits per heavy atom. The number of fused-ring (bicyclic) bond motifs is 1. The zero-order chi connectivity index (χ0) is 20.1. The van der Waals surface area contributed by atoms with Gasteiger partial charge >= 0.3 is 0 Å². The number of nitrogens with one attached hydrogen (secondary N) is 1. The monoisotopic (exact) mass is 381 g/mol. The predicted molar refractivity (Wildman–Crippen MR) is 111 cm³/mol. The molecule has 1 heterocycles. The third kappa shape index (κ3) is 4.70. The first-order valence-electron chi connectivity index (χ1n) is 9.59. The van der Waals surface area contributed by atoms with Crippen LogP contribution in [0.4, 0.5) is 11.4 Å². The lowest BCUT2D eigenvalue weighted by molar-refractivity contribution is -0.120. The van der Waals surface area contributed by atoms with Crippen molar-refractivity contribution < 1.29 is 14.3 Å². The molecule has 0 fully saturated rings. The number of amides is 2. The van der Waals surface area contributed by atoms with Crippen molar-refractivity contribution in [2.45, 2.75) is 32.9 Å². The molecule has 2 amide bonds. The molecule has 6 nitrogen and oxygen atoms in total. The Bertz CT molecular complexity index is 835. The summed E-state index contributed by atoms with van der Waals surface area (Å²) < 4.78 is 5.47. The van der Waals surface area contributed by atoms with Crippen molar-refractivity contribution in [1.82, 2.24) is 4.90 Å². The number of anilines is 2. The van der Waals surface area contributed by atoms with Crippen LogP contribution in [0.5, 0.6) is 5.75 Å². The molecule has 1 atom stereocenters. The Morgan fingerprint density at radius 1 is 1.21 bits per heavy atom. The van der Waals surface area contributed by atoms with Crippen molar-refractivity contribution in [2.75, 3.05) is 30.4 Å². The topological polar surface area (TPSA) is 61.9 Å². The first-order chi connectivity index (χ1) is 13.5. The predicted octanol–water partition coefficient (Wildman–Crippen LogP) is 3.28. The second-order valence-electron chi connectivity index (χ2n) is 7.13. The van der Waals surface area contributed by atoms with Crippen molar-refractivity contribution >= 4 is 23.2 Å². The van der Waals surface area contributed by atoms with Crippen molar-refractivity contribution in [3.05, 3.63) is 54.1 Å². The van der Waals surface area contributed by atoms with Gasteiger partial charge in [-0.25, -0.2) is 0 Å². The van der Waals surface area contributed by atoms with Gasteiger partial charge in [0.2, 0.25) is 11.8 Å². The highest BCUT2D eigenvalue weighted by atomic mass is 16.5. The summed E-state index contributed by atoms with van der Waals surface area (Å²) in [6.07, 6.45) is 0.281. The third-order valence-corrected chi connectivity index (χ3v) is 4.72. The Labute approximate surface area is 166 Å². The molecule has 6 heteroatoms. The molecule has 2 aromatic rings. The van der Waals surface area contributed by atoms with Gasteiger partial charge in [-0.1, -0.05) is 24.3 Å². The number of nitrogens with zero attached hydrogens (tertiary/aromatic N) is 2. The number of likely N-dealkylation sites (N-methyl/N-ethyl adjacent to an activating group) is 1. The molecule has 0 aromatic heterocycles. The fourth-order valence-corrected chi connectivity index (χ4v) is 3.50. The lowest BCUT2D eigenvalue weighted by Crippen LogP contribution is -2.44. The van der Waals surface area contributed by atoms with Gasteiger partial charge in [0.25, 0.3) is 0 Å². The van der Waals surface area contributed by atoms with E-state index in [1.54, 1.807) is 4.90 Å². The van der Waals surface area contributed by atoms with Crippen molar-refractivity contribution in [2.24, 2.45) is 0 Å². The van der Waals surface area contributed by atoms with Gasteiger partial charge in [0.1, 0.15) is 5.75 Å². The lowest BCUT2D eigenvalue weighted by atomic mass is 10.1. The van der Waals surface area contributed by atoms with E-state index in [0.717, 1.165) is 17.0 Å². The SMILES string of the molecule is CCOc1ccc(CN(C)CC(=O)N2c3ccccc3NC(=O)CC2C)cc1. The molecule has 1 unspecified atom stereocenters. The number of para-hydroxylation sites is 2. The average Bonchev–Trinajstić information content (AvgIpc) is 2.77. The highest BCUT2D eigenvalue weighted by Crippen LogP contribution is 2.31. The number of hydrogen-bond donors (Lipinski definition) is 1. The summed E-state index contributed by atoms with van der Waals surface area (Å²) in [6, 6.07) is 15.2. The van der Waals surface area contributed by atoms with Gasteiger partial charge in [0, 0.05) is 19.0 Å². The molecule has 1 aliphatic rings. The fraction of sp³-hybridized carbons (Fsp3) is 0.364. The van der Waals surface area contributed by atoms with E-state index in [1.807, 2.05) is 74.3 Å². The van der Waals surface area contributed by atoms with Crippen LogP contribution in [0.2, 0.25) is 0 Å². The largest absolute Gasteiger partial charge is 0.494 e. The Morgan fingerprint density at radius 2 is 1.93 bits per heavy atom. The van der Waals surface area contributed by atoms with Gasteiger partial charge < -0.3 is 15.0 Å². The number of ether oxygens (including phenoxy) is 1. The zero-order valence-electron chi connectivity index (χ0n) is 16.6. The molecule has 0 bridgehead atoms. The van der Waals surface area contributed by atoms with Crippen LogP contribution in [0.1, 0.15) is 25.8 Å². The van der Waals surface area contributed by atoms with Crippen molar-refractivity contribution in [3.8, 4) is 5.75 Å². The normalized spacial score (nSPS) is 16.4. The Balaban J connectivity index is 1.70. The average molecular weight is 381 g/mol. The summed E-state index contributed by atoms with van der Waals surface area (Å²) in [4.78, 5) is 28.9. The zero-order valence-corrected chi connectivity index (χ0v) is 16.6. The number of rotatable bonds is 6. The molecule has 0 aliphatic carbocycles. The summed E-state index contributed by atoms with van der Waals surface area (Å²) in [6.45, 7) is 5.42. The van der Waals surface area contributed by atoms with Gasteiger partial charge in [-0.15, -0.1) is 0 Å². The van der Waals surface area contributed by atoms with E-state index in [2.05, 4.69) is 5.32 Å². The summed E-state index contributed by atoms with van der Waals surface area (Å²) in [5.41, 5.74) is 2.54. The maximum Gasteiger partial charge on any atom is 0.241 e. The van der Waals surface area contributed by atoms with Crippen LogP contribution in [0.3, 0.4) is 0 Å². The van der Waals surface area contributed by atoms with Crippen LogP contribution < -0.4 is 15.0 Å². The minimum Gasteiger partial charge on any atom is -0.494 e. The molecule has 0 saturated carbocycles. The highest BCUT2D eigenvalue weighted by Gasteiger charge is 2.29. The van der Waals surface area contributed by atoms with Crippen LogP contribution in [0.25, 0.3) is 0 Å². The Hall–Kier alpha value is -2.86. The van der Waals surface area contributed by atoms with E-state index < -0.39 is 0 Å². The van der Waals surface area contributed by atoms with Crippen LogP contribution in [-0.4, -0.2) is 43.0 Å². The highest BCUT2D eigenvalue weighted by molar-refractivity contribution is 6.04. The van der Waals surface area contributed by atoms with Gasteiger partial charge in [-0.3, -0.25) is 14.5 Å². The van der Waals surface area contributed by atoms with E-state index in [-0.39, 0.29) is 30.8 Å². The fourth-order valence-electron chi connectivity index (χ4n) is 3.50. The van der Waals surface area contributed by atoms with E-state index in [9.17, 15) is 9.59 Å². The number of carbonyl (C=O) groups excluding carboxylic acids is 2. The van der Waals surface area contributed by atoms with E-state index in [4.69, 9.17) is 4.74 Å². The second kappa shape index (κ2) is 8.89. The summed E-state index contributed by atoms with van der Waals surface area (Å²) in [7, 11) is 1.92. The molecular formula is C22H27N3O3.